The number of hydrogen-bond donors (Lipinski definition) is 0. The molecule has 1 rings (SSSR count). The Labute approximate surface area is 60.4 Å². The number of pyridine rings is 1. The predicted molar refractivity (Wildman–Crippen MR) is 33.8 cm³/mol. The minimum atomic E-state index is -2.53. The maximum absolute atomic E-state index is 9.91. The molecule has 0 bridgehead atoms. The molecule has 0 radical (unpaired) electrons. The van der Waals surface area contributed by atoms with Gasteiger partial charge >= 0.3 is 0 Å². The van der Waals surface area contributed by atoms with Gasteiger partial charge in [0.15, 0.2) is 0 Å². The molecule has 1 heterocycles. The van der Waals surface area contributed by atoms with E-state index < -0.39 is 11.4 Å². The van der Waals surface area contributed by atoms with Crippen molar-refractivity contribution in [2.75, 3.05) is 0 Å². The molecular formula is C5H4NO3S-. The molecule has 5 heteroatoms. The van der Waals surface area contributed by atoms with E-state index in [0.29, 0.717) is 0 Å². The Morgan fingerprint density at radius 2 is 2.40 bits per heavy atom. The van der Waals surface area contributed by atoms with Crippen molar-refractivity contribution in [1.29, 1.82) is 0 Å². The Hall–Kier alpha value is -0.940. The Morgan fingerprint density at radius 1 is 1.60 bits per heavy atom. The van der Waals surface area contributed by atoms with Gasteiger partial charge in [0.2, 0.25) is 5.88 Å². The van der Waals surface area contributed by atoms with Crippen molar-refractivity contribution in [3.63, 3.8) is 0 Å². The summed E-state index contributed by atoms with van der Waals surface area (Å²) in [5, 5.41) is 0. The minimum Gasteiger partial charge on any atom is -0.740 e. The molecule has 0 saturated carbocycles. The first-order chi connectivity index (χ1) is 4.79. The molecule has 0 amide bonds. The van der Waals surface area contributed by atoms with Crippen LogP contribution in [0.15, 0.2) is 24.4 Å². The number of nitrogens with zero attached hydrogens (tertiary/aromatic N) is 1. The van der Waals surface area contributed by atoms with E-state index in [9.17, 15) is 8.76 Å². The van der Waals surface area contributed by atoms with E-state index in [1.165, 1.54) is 12.3 Å². The lowest BCUT2D eigenvalue weighted by Crippen LogP contribution is -1.98. The van der Waals surface area contributed by atoms with Crippen LogP contribution < -0.4 is 4.18 Å². The molecule has 1 unspecified atom stereocenters. The van der Waals surface area contributed by atoms with Crippen LogP contribution in [0.25, 0.3) is 0 Å². The number of aromatic nitrogens is 1. The van der Waals surface area contributed by atoms with Crippen molar-refractivity contribution < 1.29 is 12.9 Å². The topological polar surface area (TPSA) is 62.2 Å². The Bertz CT molecular complexity index is 226. The van der Waals surface area contributed by atoms with Crippen molar-refractivity contribution in [3.05, 3.63) is 24.4 Å². The van der Waals surface area contributed by atoms with Gasteiger partial charge in [-0.2, -0.15) is 0 Å². The summed E-state index contributed by atoms with van der Waals surface area (Å²) in [6.45, 7) is 0. The van der Waals surface area contributed by atoms with Crippen LogP contribution in [0.2, 0.25) is 0 Å². The van der Waals surface area contributed by atoms with Gasteiger partial charge in [0.1, 0.15) is 11.4 Å². The summed E-state index contributed by atoms with van der Waals surface area (Å²) in [5.74, 6) is 0.0795. The molecule has 54 valence electrons. The Balaban J connectivity index is 2.67. The van der Waals surface area contributed by atoms with Crippen LogP contribution in [0, 0.1) is 0 Å². The van der Waals surface area contributed by atoms with Crippen LogP contribution in [-0.2, 0) is 11.4 Å². The molecule has 1 aromatic rings. The fourth-order valence-electron chi connectivity index (χ4n) is 0.466. The van der Waals surface area contributed by atoms with Crippen LogP contribution in [-0.4, -0.2) is 13.7 Å². The lowest BCUT2D eigenvalue weighted by atomic mass is 10.5. The van der Waals surface area contributed by atoms with Crippen LogP contribution in [0.4, 0.5) is 0 Å². The van der Waals surface area contributed by atoms with E-state index in [-0.39, 0.29) is 5.88 Å². The van der Waals surface area contributed by atoms with Crippen LogP contribution >= 0.6 is 0 Å². The molecule has 0 aliphatic heterocycles. The molecule has 1 aromatic heterocycles. The molecule has 4 nitrogen and oxygen atoms in total. The van der Waals surface area contributed by atoms with E-state index in [1.54, 1.807) is 12.1 Å². The summed E-state index contributed by atoms with van der Waals surface area (Å²) in [7, 11) is 0. The Kier molecular flexibility index (Phi) is 2.35. The van der Waals surface area contributed by atoms with E-state index >= 15 is 0 Å². The maximum Gasteiger partial charge on any atom is 0.229 e. The van der Waals surface area contributed by atoms with E-state index in [0.717, 1.165) is 0 Å². The largest absolute Gasteiger partial charge is 0.740 e. The highest BCUT2D eigenvalue weighted by molar-refractivity contribution is 7.74. The fourth-order valence-corrected chi connectivity index (χ4v) is 0.704. The van der Waals surface area contributed by atoms with E-state index in [4.69, 9.17) is 0 Å². The lowest BCUT2D eigenvalue weighted by Gasteiger charge is -2.03. The third-order valence-electron chi connectivity index (χ3n) is 0.791. The lowest BCUT2D eigenvalue weighted by molar-refractivity contribution is 0.433. The molecule has 10 heavy (non-hydrogen) atoms. The van der Waals surface area contributed by atoms with Gasteiger partial charge in [-0.05, 0) is 6.07 Å². The molecule has 0 aliphatic rings. The summed E-state index contributed by atoms with van der Waals surface area (Å²) >= 11 is -2.53. The highest BCUT2D eigenvalue weighted by atomic mass is 32.2. The van der Waals surface area contributed by atoms with Gasteiger partial charge in [-0.25, -0.2) is 9.19 Å². The summed E-state index contributed by atoms with van der Waals surface area (Å²) in [6, 6.07) is 4.76. The summed E-state index contributed by atoms with van der Waals surface area (Å²) < 4.78 is 24.0. The average Bonchev–Trinajstić information content (AvgIpc) is 1.88. The van der Waals surface area contributed by atoms with E-state index in [1.807, 2.05) is 0 Å². The van der Waals surface area contributed by atoms with Gasteiger partial charge in [-0.1, -0.05) is 6.07 Å². The van der Waals surface area contributed by atoms with Crippen molar-refractivity contribution in [1.82, 2.24) is 4.98 Å². The minimum absolute atomic E-state index is 0.0795. The highest BCUT2D eigenvalue weighted by Crippen LogP contribution is 2.03. The fraction of sp³-hybridized carbons (Fsp3) is 0. The zero-order valence-corrected chi connectivity index (χ0v) is 5.71. The third-order valence-corrected chi connectivity index (χ3v) is 1.10. The second-order valence-corrected chi connectivity index (χ2v) is 2.03. The molecule has 0 N–H and O–H groups in total. The van der Waals surface area contributed by atoms with Crippen molar-refractivity contribution in [2.45, 2.75) is 0 Å². The van der Waals surface area contributed by atoms with Crippen LogP contribution in [0.3, 0.4) is 0 Å². The van der Waals surface area contributed by atoms with Gasteiger partial charge in [-0.15, -0.1) is 0 Å². The molecule has 0 aromatic carbocycles. The molecular weight excluding hydrogens is 154 g/mol. The van der Waals surface area contributed by atoms with Gasteiger partial charge in [0.25, 0.3) is 0 Å². The highest BCUT2D eigenvalue weighted by Gasteiger charge is 1.89. The molecule has 1 atom stereocenters. The first kappa shape index (κ1) is 7.17. The molecule has 0 saturated heterocycles. The SMILES string of the molecule is O=S([O-])Oc1ccccn1. The first-order valence-electron chi connectivity index (χ1n) is 2.47. The molecule has 0 fully saturated rings. The summed E-state index contributed by atoms with van der Waals surface area (Å²) in [4.78, 5) is 3.60. The monoisotopic (exact) mass is 158 g/mol. The van der Waals surface area contributed by atoms with Crippen molar-refractivity contribution in [3.8, 4) is 5.88 Å². The predicted octanol–water partition coefficient (Wildman–Crippen LogP) is 0.255. The average molecular weight is 158 g/mol. The van der Waals surface area contributed by atoms with Gasteiger partial charge in [-0.3, -0.25) is 0 Å². The zero-order valence-electron chi connectivity index (χ0n) is 4.89. The van der Waals surface area contributed by atoms with Crippen LogP contribution in [0.1, 0.15) is 0 Å². The molecule has 0 spiro atoms. The summed E-state index contributed by atoms with van der Waals surface area (Å²) in [5.41, 5.74) is 0. The number of hydrogen-bond acceptors (Lipinski definition) is 4. The first-order valence-corrected chi connectivity index (χ1v) is 3.47. The smallest absolute Gasteiger partial charge is 0.229 e. The normalized spacial score (nSPS) is 12.5. The quantitative estimate of drug-likeness (QED) is 0.579. The number of rotatable bonds is 2. The van der Waals surface area contributed by atoms with Crippen molar-refractivity contribution >= 4 is 11.4 Å². The third kappa shape index (κ3) is 2.12. The van der Waals surface area contributed by atoms with Crippen LogP contribution in [0.5, 0.6) is 5.88 Å². The zero-order chi connectivity index (χ0) is 7.40. The van der Waals surface area contributed by atoms with Gasteiger partial charge < -0.3 is 8.74 Å². The van der Waals surface area contributed by atoms with E-state index in [2.05, 4.69) is 9.17 Å². The summed E-state index contributed by atoms with van der Waals surface area (Å²) in [6.07, 6.45) is 1.45. The second-order valence-electron chi connectivity index (χ2n) is 1.46. The van der Waals surface area contributed by atoms with Gasteiger partial charge in [0.05, 0.1) is 0 Å². The van der Waals surface area contributed by atoms with Gasteiger partial charge in [0, 0.05) is 12.3 Å². The maximum atomic E-state index is 9.91. The second kappa shape index (κ2) is 3.28. The van der Waals surface area contributed by atoms with Crippen molar-refractivity contribution in [2.24, 2.45) is 0 Å². The standard InChI is InChI=1S/C5H5NO3S/c7-10(8)9-5-3-1-2-4-6-5/h1-4H,(H,7,8)/p-1. The Morgan fingerprint density at radius 3 is 2.90 bits per heavy atom. The molecule has 0 aliphatic carbocycles.